The van der Waals surface area contributed by atoms with E-state index in [0.717, 1.165) is 28.6 Å². The van der Waals surface area contributed by atoms with E-state index in [-0.39, 0.29) is 32.4 Å². The van der Waals surface area contributed by atoms with Gasteiger partial charge in [0, 0.05) is 13.1 Å². The molecule has 3 rings (SSSR count). The van der Waals surface area contributed by atoms with Gasteiger partial charge >= 0.3 is 6.18 Å². The molecule has 0 radical (unpaired) electrons. The average Bonchev–Trinajstić information content (AvgIpc) is 2.73. The van der Waals surface area contributed by atoms with Crippen molar-refractivity contribution >= 4 is 15.9 Å². The normalized spacial score (nSPS) is 20.9. The Labute approximate surface area is 176 Å². The van der Waals surface area contributed by atoms with Crippen molar-refractivity contribution in [3.05, 3.63) is 53.6 Å². The number of nitrogens with zero attached hydrogens (tertiary/aromatic N) is 1. The van der Waals surface area contributed by atoms with Crippen LogP contribution in [0.1, 0.15) is 29.6 Å². The molecule has 170 valence electrons. The number of rotatable bonds is 5. The van der Waals surface area contributed by atoms with E-state index >= 15 is 0 Å². The Morgan fingerprint density at radius 3 is 2.45 bits per heavy atom. The molecule has 12 heteroatoms. The predicted molar refractivity (Wildman–Crippen MR) is 99.9 cm³/mol. The number of hydroxylamine groups is 1. The number of hydrogen-bond acceptors (Lipinski definition) is 5. The van der Waals surface area contributed by atoms with E-state index in [9.17, 15) is 30.8 Å². The van der Waals surface area contributed by atoms with E-state index in [1.165, 1.54) is 17.6 Å². The molecule has 2 aliphatic rings. The summed E-state index contributed by atoms with van der Waals surface area (Å²) in [7, 11) is -4.24. The minimum absolute atomic E-state index is 0.00582. The number of sulfonamides is 1. The fourth-order valence-electron chi connectivity index (χ4n) is 3.45. The van der Waals surface area contributed by atoms with Crippen molar-refractivity contribution in [2.24, 2.45) is 5.92 Å². The molecule has 0 bridgehead atoms. The number of amides is 1. The van der Waals surface area contributed by atoms with Crippen LogP contribution in [0.4, 0.5) is 17.6 Å². The molecule has 0 saturated carbocycles. The molecule has 1 heterocycles. The zero-order chi connectivity index (χ0) is 22.8. The highest BCUT2D eigenvalue weighted by atomic mass is 32.2. The van der Waals surface area contributed by atoms with Crippen LogP contribution in [0.5, 0.6) is 0 Å². The summed E-state index contributed by atoms with van der Waals surface area (Å²) < 4.78 is 84.8. The number of benzene rings is 1. The van der Waals surface area contributed by atoms with Crippen molar-refractivity contribution in [1.29, 1.82) is 0 Å². The van der Waals surface area contributed by atoms with Crippen molar-refractivity contribution in [1.82, 2.24) is 9.79 Å². The monoisotopic (exact) mass is 464 g/mol. The fourth-order valence-corrected chi connectivity index (χ4v) is 5.12. The molecule has 0 aromatic heterocycles. The molecular formula is C19H20F4N2O5S. The van der Waals surface area contributed by atoms with Crippen molar-refractivity contribution < 1.29 is 40.7 Å². The van der Waals surface area contributed by atoms with Gasteiger partial charge in [0.05, 0.1) is 16.4 Å². The molecule has 31 heavy (non-hydrogen) atoms. The van der Waals surface area contributed by atoms with Crippen LogP contribution in [-0.2, 0) is 14.8 Å². The first kappa shape index (κ1) is 23.2. The molecule has 1 unspecified atom stereocenters. The lowest BCUT2D eigenvalue weighted by Crippen LogP contribution is -2.41. The van der Waals surface area contributed by atoms with Gasteiger partial charge in [-0.05, 0) is 43.5 Å². The Hall–Kier alpha value is -2.44. The molecule has 2 N–H and O–H groups in total. The van der Waals surface area contributed by atoms with E-state index in [0.29, 0.717) is 5.76 Å². The van der Waals surface area contributed by atoms with Gasteiger partial charge < -0.3 is 4.74 Å². The van der Waals surface area contributed by atoms with E-state index in [1.54, 1.807) is 0 Å². The third-order valence-electron chi connectivity index (χ3n) is 5.11. The zero-order valence-electron chi connectivity index (χ0n) is 16.1. The number of halogens is 4. The van der Waals surface area contributed by atoms with Crippen LogP contribution >= 0.6 is 0 Å². The highest BCUT2D eigenvalue weighted by Gasteiger charge is 2.38. The van der Waals surface area contributed by atoms with Gasteiger partial charge in [-0.25, -0.2) is 18.3 Å². The first-order chi connectivity index (χ1) is 14.5. The topological polar surface area (TPSA) is 95.9 Å². The van der Waals surface area contributed by atoms with E-state index < -0.39 is 50.4 Å². The Bertz CT molecular complexity index is 999. The van der Waals surface area contributed by atoms with Crippen molar-refractivity contribution in [2.45, 2.75) is 36.4 Å². The van der Waals surface area contributed by atoms with Crippen LogP contribution in [-0.4, -0.2) is 49.2 Å². The molecule has 1 fully saturated rings. The molecule has 1 atom stereocenters. The SMILES string of the molecule is O=C(NO)c1c(F)cccc1S(=O)(=O)N1CCC(OC2=CCC(C(F)(F)F)C=C2)CC1. The van der Waals surface area contributed by atoms with Gasteiger partial charge in [0.2, 0.25) is 10.0 Å². The maximum Gasteiger partial charge on any atom is 0.395 e. The number of piperidine rings is 1. The van der Waals surface area contributed by atoms with Crippen LogP contribution in [0.3, 0.4) is 0 Å². The Balaban J connectivity index is 1.65. The summed E-state index contributed by atoms with van der Waals surface area (Å²) in [4.78, 5) is 11.2. The van der Waals surface area contributed by atoms with Gasteiger partial charge in [-0.2, -0.15) is 17.5 Å². The molecule has 1 aliphatic heterocycles. The van der Waals surface area contributed by atoms with Gasteiger partial charge in [0.15, 0.2) is 0 Å². The van der Waals surface area contributed by atoms with Gasteiger partial charge in [0.25, 0.3) is 5.91 Å². The van der Waals surface area contributed by atoms with Crippen LogP contribution in [0.2, 0.25) is 0 Å². The number of hydrogen-bond donors (Lipinski definition) is 2. The van der Waals surface area contributed by atoms with Gasteiger partial charge in [0.1, 0.15) is 17.7 Å². The third-order valence-corrected chi connectivity index (χ3v) is 7.05. The summed E-state index contributed by atoms with van der Waals surface area (Å²) in [6.07, 6.45) is -0.790. The average molecular weight is 464 g/mol. The highest BCUT2D eigenvalue weighted by Crippen LogP contribution is 2.34. The Kier molecular flexibility index (Phi) is 6.72. The quantitative estimate of drug-likeness (QED) is 0.397. The molecule has 1 amide bonds. The Morgan fingerprint density at radius 2 is 1.90 bits per heavy atom. The van der Waals surface area contributed by atoms with Gasteiger partial charge in [-0.15, -0.1) is 0 Å². The smallest absolute Gasteiger partial charge is 0.395 e. The van der Waals surface area contributed by atoms with Crippen LogP contribution in [0.15, 0.2) is 47.1 Å². The maximum absolute atomic E-state index is 14.1. The number of carbonyl (C=O) groups excluding carboxylic acids is 1. The van der Waals surface area contributed by atoms with E-state index in [4.69, 9.17) is 9.94 Å². The first-order valence-electron chi connectivity index (χ1n) is 9.39. The van der Waals surface area contributed by atoms with Crippen LogP contribution in [0, 0.1) is 11.7 Å². The number of allylic oxidation sites excluding steroid dienone is 3. The van der Waals surface area contributed by atoms with Gasteiger partial charge in [-0.1, -0.05) is 12.1 Å². The minimum Gasteiger partial charge on any atom is -0.491 e. The summed E-state index contributed by atoms with van der Waals surface area (Å²) in [6.45, 7) is 0.0116. The number of alkyl halides is 3. The highest BCUT2D eigenvalue weighted by molar-refractivity contribution is 7.89. The molecule has 1 aromatic carbocycles. The zero-order valence-corrected chi connectivity index (χ0v) is 16.9. The minimum atomic E-state index is -4.32. The second-order valence-corrected chi connectivity index (χ2v) is 9.03. The van der Waals surface area contributed by atoms with Crippen LogP contribution in [0.25, 0.3) is 0 Å². The summed E-state index contributed by atoms with van der Waals surface area (Å²) in [5.41, 5.74) is 0.446. The molecule has 7 nitrogen and oxygen atoms in total. The maximum atomic E-state index is 14.1. The van der Waals surface area contributed by atoms with Crippen molar-refractivity contribution in [2.75, 3.05) is 13.1 Å². The van der Waals surface area contributed by atoms with Crippen molar-refractivity contribution in [3.63, 3.8) is 0 Å². The third kappa shape index (κ3) is 5.08. The summed E-state index contributed by atoms with van der Waals surface area (Å²) in [6, 6.07) is 3.11. The molecular weight excluding hydrogens is 444 g/mol. The molecule has 1 saturated heterocycles. The second-order valence-electron chi connectivity index (χ2n) is 7.12. The van der Waals surface area contributed by atoms with Crippen molar-refractivity contribution in [3.8, 4) is 0 Å². The summed E-state index contributed by atoms with van der Waals surface area (Å²) in [5.74, 6) is -3.64. The van der Waals surface area contributed by atoms with E-state index in [1.807, 2.05) is 0 Å². The lowest BCUT2D eigenvalue weighted by atomic mass is 9.99. The van der Waals surface area contributed by atoms with Crippen LogP contribution < -0.4 is 5.48 Å². The number of ether oxygens (including phenoxy) is 1. The molecule has 0 spiro atoms. The largest absolute Gasteiger partial charge is 0.491 e. The van der Waals surface area contributed by atoms with E-state index in [2.05, 4.69) is 0 Å². The number of nitrogens with one attached hydrogen (secondary N) is 1. The standard InChI is InChI=1S/C19H20F4N2O5S/c20-15-2-1-3-16(17(15)18(26)24-27)31(28,29)25-10-8-14(9-11-25)30-13-6-4-12(5-7-13)19(21,22)23/h1-4,6-7,12,14,27H,5,8-11H2,(H,24,26). The lowest BCUT2D eigenvalue weighted by molar-refractivity contribution is -0.160. The first-order valence-corrected chi connectivity index (χ1v) is 10.8. The fraction of sp³-hybridized carbons (Fsp3) is 0.421. The number of carbonyl (C=O) groups is 1. The summed E-state index contributed by atoms with van der Waals surface area (Å²) in [5, 5.41) is 8.80. The van der Waals surface area contributed by atoms with Gasteiger partial charge in [-0.3, -0.25) is 10.0 Å². The Morgan fingerprint density at radius 1 is 1.23 bits per heavy atom. The predicted octanol–water partition coefficient (Wildman–Crippen LogP) is 3.14. The molecule has 1 aliphatic carbocycles. The lowest BCUT2D eigenvalue weighted by Gasteiger charge is -2.32. The second kappa shape index (κ2) is 8.97. The summed E-state index contributed by atoms with van der Waals surface area (Å²) >= 11 is 0. The molecule has 1 aromatic rings.